The second kappa shape index (κ2) is 7.34. The van der Waals surface area contributed by atoms with Crippen LogP contribution >= 0.6 is 11.3 Å². The van der Waals surface area contributed by atoms with Crippen LogP contribution in [0.15, 0.2) is 46.7 Å². The molecule has 0 saturated carbocycles. The van der Waals surface area contributed by atoms with Gasteiger partial charge in [-0.25, -0.2) is 8.42 Å². The van der Waals surface area contributed by atoms with Crippen molar-refractivity contribution >= 4 is 33.2 Å². The van der Waals surface area contributed by atoms with E-state index < -0.39 is 10.0 Å². The van der Waals surface area contributed by atoms with Crippen LogP contribution in [0.4, 0.5) is 0 Å². The lowest BCUT2D eigenvalue weighted by Crippen LogP contribution is -2.49. The van der Waals surface area contributed by atoms with Crippen molar-refractivity contribution in [2.45, 2.75) is 11.4 Å². The number of benzene rings is 1. The minimum absolute atomic E-state index is 0.0667. The molecule has 1 aromatic carbocycles. The minimum atomic E-state index is -3.74. The Labute approximate surface area is 149 Å². The number of carbonyl (C=O) groups is 2. The van der Waals surface area contributed by atoms with Gasteiger partial charge in [-0.05, 0) is 35.7 Å². The predicted molar refractivity (Wildman–Crippen MR) is 93.7 cm³/mol. The van der Waals surface area contributed by atoms with E-state index in [0.29, 0.717) is 18.7 Å². The van der Waals surface area contributed by atoms with Crippen molar-refractivity contribution in [2.24, 2.45) is 0 Å². The first-order valence-corrected chi connectivity index (χ1v) is 9.96. The van der Waals surface area contributed by atoms with Gasteiger partial charge >= 0.3 is 0 Å². The molecule has 0 aliphatic carbocycles. The van der Waals surface area contributed by atoms with Gasteiger partial charge in [0.1, 0.15) is 0 Å². The Balaban J connectivity index is 1.68. The molecule has 2 amide bonds. The molecule has 2 N–H and O–H groups in total. The van der Waals surface area contributed by atoms with Gasteiger partial charge in [-0.1, -0.05) is 6.07 Å². The van der Waals surface area contributed by atoms with Gasteiger partial charge in [-0.3, -0.25) is 9.59 Å². The number of thiophene rings is 1. The molecular weight excluding hydrogens is 362 g/mol. The summed E-state index contributed by atoms with van der Waals surface area (Å²) in [5.41, 5.74) is 0.381. The van der Waals surface area contributed by atoms with Crippen LogP contribution in [-0.2, 0) is 21.4 Å². The summed E-state index contributed by atoms with van der Waals surface area (Å²) in [5, 5.41) is 7.31. The van der Waals surface area contributed by atoms with Gasteiger partial charge in [0.15, 0.2) is 0 Å². The van der Waals surface area contributed by atoms with E-state index in [0.717, 1.165) is 9.18 Å². The first-order chi connectivity index (χ1) is 12.0. The van der Waals surface area contributed by atoms with E-state index in [1.54, 1.807) is 11.3 Å². The molecule has 2 aromatic rings. The Morgan fingerprint density at radius 3 is 2.64 bits per heavy atom. The summed E-state index contributed by atoms with van der Waals surface area (Å²) in [7, 11) is -3.74. The standard InChI is InChI=1S/C16H17N3O4S2/c20-15-11-19(8-7-17-15)25(22,23)14-5-3-12(4-6-14)16(21)18-10-13-2-1-9-24-13/h1-6,9H,7-8,10-11H2,(H,17,20)(H,18,21). The highest BCUT2D eigenvalue weighted by molar-refractivity contribution is 7.89. The van der Waals surface area contributed by atoms with Crippen molar-refractivity contribution in [3.05, 3.63) is 52.2 Å². The molecule has 2 heterocycles. The summed E-state index contributed by atoms with van der Waals surface area (Å²) >= 11 is 1.55. The van der Waals surface area contributed by atoms with E-state index in [1.807, 2.05) is 17.5 Å². The fourth-order valence-corrected chi connectivity index (χ4v) is 4.47. The molecule has 1 aromatic heterocycles. The third-order valence-electron chi connectivity index (χ3n) is 3.76. The Morgan fingerprint density at radius 2 is 2.00 bits per heavy atom. The molecular formula is C16H17N3O4S2. The average Bonchev–Trinajstić information content (AvgIpc) is 3.13. The van der Waals surface area contributed by atoms with E-state index in [1.165, 1.54) is 24.3 Å². The van der Waals surface area contributed by atoms with Crippen LogP contribution in [0.2, 0.25) is 0 Å². The quantitative estimate of drug-likeness (QED) is 0.803. The number of hydrogen-bond acceptors (Lipinski definition) is 5. The summed E-state index contributed by atoms with van der Waals surface area (Å²) in [6.07, 6.45) is 0. The first-order valence-electron chi connectivity index (χ1n) is 7.64. The Kier molecular flexibility index (Phi) is 5.16. The van der Waals surface area contributed by atoms with Crippen LogP contribution < -0.4 is 10.6 Å². The molecule has 3 rings (SSSR count). The average molecular weight is 379 g/mol. The van der Waals surface area contributed by atoms with Crippen molar-refractivity contribution in [3.63, 3.8) is 0 Å². The SMILES string of the molecule is O=C1CN(S(=O)(=O)c2ccc(C(=O)NCc3cccs3)cc2)CCN1. The van der Waals surface area contributed by atoms with Gasteiger partial charge in [0, 0.05) is 23.5 Å². The third kappa shape index (κ3) is 4.06. The summed E-state index contributed by atoms with van der Waals surface area (Å²) < 4.78 is 26.2. The number of rotatable bonds is 5. The highest BCUT2D eigenvalue weighted by Crippen LogP contribution is 2.17. The van der Waals surface area contributed by atoms with Gasteiger partial charge in [-0.15, -0.1) is 11.3 Å². The molecule has 1 aliphatic heterocycles. The maximum atomic E-state index is 12.5. The molecule has 7 nitrogen and oxygen atoms in total. The van der Waals surface area contributed by atoms with Crippen LogP contribution in [0.1, 0.15) is 15.2 Å². The normalized spacial score (nSPS) is 15.6. The minimum Gasteiger partial charge on any atom is -0.354 e. The Bertz CT molecular complexity index is 861. The number of amides is 2. The van der Waals surface area contributed by atoms with Crippen molar-refractivity contribution in [2.75, 3.05) is 19.6 Å². The van der Waals surface area contributed by atoms with E-state index in [9.17, 15) is 18.0 Å². The first kappa shape index (κ1) is 17.6. The number of nitrogens with zero attached hydrogens (tertiary/aromatic N) is 1. The molecule has 1 fully saturated rings. The molecule has 1 aliphatic rings. The summed E-state index contributed by atoms with van der Waals surface area (Å²) in [4.78, 5) is 24.6. The second-order valence-electron chi connectivity index (χ2n) is 5.47. The molecule has 0 radical (unpaired) electrons. The highest BCUT2D eigenvalue weighted by Gasteiger charge is 2.29. The van der Waals surface area contributed by atoms with Crippen LogP contribution in [0.3, 0.4) is 0 Å². The molecule has 1 saturated heterocycles. The highest BCUT2D eigenvalue weighted by atomic mass is 32.2. The lowest BCUT2D eigenvalue weighted by molar-refractivity contribution is -0.122. The molecule has 0 bridgehead atoms. The predicted octanol–water partition coefficient (Wildman–Crippen LogP) is 0.799. The van der Waals surface area contributed by atoms with Crippen molar-refractivity contribution < 1.29 is 18.0 Å². The number of sulfonamides is 1. The van der Waals surface area contributed by atoms with Gasteiger partial charge in [0.25, 0.3) is 5.91 Å². The Morgan fingerprint density at radius 1 is 1.24 bits per heavy atom. The zero-order valence-corrected chi connectivity index (χ0v) is 14.9. The maximum absolute atomic E-state index is 12.5. The molecule has 132 valence electrons. The number of nitrogens with one attached hydrogen (secondary N) is 2. The van der Waals surface area contributed by atoms with E-state index in [2.05, 4.69) is 10.6 Å². The van der Waals surface area contributed by atoms with E-state index >= 15 is 0 Å². The van der Waals surface area contributed by atoms with Crippen molar-refractivity contribution in [1.82, 2.24) is 14.9 Å². The summed E-state index contributed by atoms with van der Waals surface area (Å²) in [5.74, 6) is -0.589. The largest absolute Gasteiger partial charge is 0.354 e. The number of hydrogen-bond donors (Lipinski definition) is 2. The zero-order valence-electron chi connectivity index (χ0n) is 13.3. The maximum Gasteiger partial charge on any atom is 0.251 e. The fraction of sp³-hybridized carbons (Fsp3) is 0.250. The lowest BCUT2D eigenvalue weighted by atomic mass is 10.2. The molecule has 0 atom stereocenters. The van der Waals surface area contributed by atoms with Gasteiger partial charge in [0.05, 0.1) is 18.0 Å². The molecule has 25 heavy (non-hydrogen) atoms. The topological polar surface area (TPSA) is 95.6 Å². The van der Waals surface area contributed by atoms with E-state index in [4.69, 9.17) is 0 Å². The number of carbonyl (C=O) groups excluding carboxylic acids is 2. The molecule has 0 spiro atoms. The summed E-state index contributed by atoms with van der Waals surface area (Å²) in [6.45, 7) is 0.767. The fourth-order valence-electron chi connectivity index (χ4n) is 2.43. The van der Waals surface area contributed by atoms with Crippen molar-refractivity contribution in [1.29, 1.82) is 0 Å². The molecule has 0 unspecified atom stereocenters. The van der Waals surface area contributed by atoms with Gasteiger partial charge < -0.3 is 10.6 Å². The van der Waals surface area contributed by atoms with Crippen LogP contribution in [0.5, 0.6) is 0 Å². The third-order valence-corrected chi connectivity index (χ3v) is 6.50. The lowest BCUT2D eigenvalue weighted by Gasteiger charge is -2.25. The van der Waals surface area contributed by atoms with Crippen LogP contribution in [0, 0.1) is 0 Å². The van der Waals surface area contributed by atoms with Gasteiger partial charge in [-0.2, -0.15) is 4.31 Å². The number of piperazine rings is 1. The smallest absolute Gasteiger partial charge is 0.251 e. The zero-order chi connectivity index (χ0) is 17.9. The monoisotopic (exact) mass is 379 g/mol. The van der Waals surface area contributed by atoms with Crippen LogP contribution in [-0.4, -0.2) is 44.2 Å². The van der Waals surface area contributed by atoms with Gasteiger partial charge in [0.2, 0.25) is 15.9 Å². The molecule has 9 heteroatoms. The van der Waals surface area contributed by atoms with E-state index in [-0.39, 0.29) is 29.8 Å². The van der Waals surface area contributed by atoms with Crippen LogP contribution in [0.25, 0.3) is 0 Å². The summed E-state index contributed by atoms with van der Waals surface area (Å²) in [6, 6.07) is 9.56. The Hall–Kier alpha value is -2.23. The van der Waals surface area contributed by atoms with Crippen molar-refractivity contribution in [3.8, 4) is 0 Å². The second-order valence-corrected chi connectivity index (χ2v) is 8.45.